The van der Waals surface area contributed by atoms with Crippen molar-refractivity contribution in [1.82, 2.24) is 10.2 Å². The van der Waals surface area contributed by atoms with Crippen molar-refractivity contribution in [2.45, 2.75) is 13.0 Å². The van der Waals surface area contributed by atoms with Crippen LogP contribution < -0.4 is 5.32 Å². The summed E-state index contributed by atoms with van der Waals surface area (Å²) in [5.74, 6) is -0.0369. The molecular formula is C10H20N2O3. The van der Waals surface area contributed by atoms with Crippen LogP contribution >= 0.6 is 0 Å². The fraction of sp³-hybridized carbons (Fsp3) is 0.900. The highest BCUT2D eigenvalue weighted by Crippen LogP contribution is 2.04. The molecule has 1 N–H and O–H groups in total. The summed E-state index contributed by atoms with van der Waals surface area (Å²) in [5, 5.41) is 2.78. The van der Waals surface area contributed by atoms with Crippen molar-refractivity contribution in [3.63, 3.8) is 0 Å². The minimum atomic E-state index is -0.324. The molecule has 0 bridgehead atoms. The van der Waals surface area contributed by atoms with Crippen LogP contribution in [0.25, 0.3) is 0 Å². The van der Waals surface area contributed by atoms with Gasteiger partial charge >= 0.3 is 0 Å². The van der Waals surface area contributed by atoms with Crippen molar-refractivity contribution in [3.05, 3.63) is 0 Å². The maximum Gasteiger partial charge on any atom is 0.250 e. The van der Waals surface area contributed by atoms with Crippen molar-refractivity contribution in [2.24, 2.45) is 0 Å². The molecule has 0 radical (unpaired) electrons. The maximum absolute atomic E-state index is 11.6. The Morgan fingerprint density at radius 1 is 1.67 bits per heavy atom. The van der Waals surface area contributed by atoms with Crippen LogP contribution in [0.1, 0.15) is 6.92 Å². The van der Waals surface area contributed by atoms with E-state index in [0.717, 1.165) is 13.1 Å². The second kappa shape index (κ2) is 6.76. The predicted molar refractivity (Wildman–Crippen MR) is 56.7 cm³/mol. The number of methoxy groups -OCH3 is 1. The number of rotatable bonds is 5. The fourth-order valence-corrected chi connectivity index (χ4v) is 1.54. The smallest absolute Gasteiger partial charge is 0.250 e. The molecule has 5 nitrogen and oxygen atoms in total. The minimum Gasteiger partial charge on any atom is -0.383 e. The van der Waals surface area contributed by atoms with Gasteiger partial charge < -0.3 is 14.8 Å². The Labute approximate surface area is 90.7 Å². The molecule has 1 aliphatic heterocycles. The summed E-state index contributed by atoms with van der Waals surface area (Å²) in [6.45, 7) is 6.37. The Morgan fingerprint density at radius 2 is 2.47 bits per heavy atom. The molecule has 1 rings (SSSR count). The predicted octanol–water partition coefficient (Wildman–Crippen LogP) is -0.530. The second-order valence-corrected chi connectivity index (χ2v) is 3.54. The lowest BCUT2D eigenvalue weighted by Crippen LogP contribution is -2.50. The van der Waals surface area contributed by atoms with E-state index in [-0.39, 0.29) is 12.0 Å². The molecule has 0 spiro atoms. The average molecular weight is 216 g/mol. The van der Waals surface area contributed by atoms with Gasteiger partial charge in [0, 0.05) is 26.7 Å². The molecule has 1 atom stereocenters. The topological polar surface area (TPSA) is 50.8 Å². The molecule has 0 aliphatic carbocycles. The van der Waals surface area contributed by atoms with Crippen molar-refractivity contribution in [3.8, 4) is 0 Å². The fourth-order valence-electron chi connectivity index (χ4n) is 1.54. The van der Waals surface area contributed by atoms with E-state index in [1.807, 2.05) is 0 Å². The molecule has 0 aromatic heterocycles. The zero-order chi connectivity index (χ0) is 11.1. The lowest BCUT2D eigenvalue weighted by Gasteiger charge is -2.31. The van der Waals surface area contributed by atoms with Crippen LogP contribution in [-0.4, -0.2) is 63.4 Å². The highest BCUT2D eigenvalue weighted by molar-refractivity contribution is 5.81. The molecule has 0 unspecified atom stereocenters. The molecule has 5 heteroatoms. The number of ether oxygens (including phenoxy) is 2. The van der Waals surface area contributed by atoms with E-state index in [0.29, 0.717) is 26.3 Å². The normalized spacial score (nSPS) is 22.7. The molecule has 1 aliphatic rings. The lowest BCUT2D eigenvalue weighted by molar-refractivity contribution is -0.138. The quantitative estimate of drug-likeness (QED) is 0.628. The molecule has 0 aromatic carbocycles. The van der Waals surface area contributed by atoms with Crippen LogP contribution in [0.2, 0.25) is 0 Å². The number of carbonyl (C=O) groups excluding carboxylic acids is 1. The molecule has 0 aromatic rings. The van der Waals surface area contributed by atoms with Gasteiger partial charge in [0.2, 0.25) is 0 Å². The molecule has 1 saturated heterocycles. The average Bonchev–Trinajstić information content (AvgIpc) is 2.29. The van der Waals surface area contributed by atoms with Crippen LogP contribution in [0.5, 0.6) is 0 Å². The van der Waals surface area contributed by atoms with Gasteiger partial charge in [0.25, 0.3) is 5.91 Å². The molecular weight excluding hydrogens is 196 g/mol. The van der Waals surface area contributed by atoms with Crippen LogP contribution in [0.4, 0.5) is 0 Å². The van der Waals surface area contributed by atoms with Gasteiger partial charge in [-0.15, -0.1) is 0 Å². The van der Waals surface area contributed by atoms with Crippen molar-refractivity contribution in [2.75, 3.05) is 46.5 Å². The molecule has 15 heavy (non-hydrogen) atoms. The third-order valence-electron chi connectivity index (χ3n) is 2.50. The van der Waals surface area contributed by atoms with Gasteiger partial charge in [0.15, 0.2) is 0 Å². The molecule has 88 valence electrons. The summed E-state index contributed by atoms with van der Waals surface area (Å²) in [6.07, 6.45) is -0.324. The molecule has 0 saturated carbocycles. The largest absolute Gasteiger partial charge is 0.383 e. The van der Waals surface area contributed by atoms with Crippen molar-refractivity contribution in [1.29, 1.82) is 0 Å². The van der Waals surface area contributed by atoms with Crippen molar-refractivity contribution >= 4 is 5.91 Å². The summed E-state index contributed by atoms with van der Waals surface area (Å²) in [6, 6.07) is 0. The highest BCUT2D eigenvalue weighted by Gasteiger charge is 2.25. The third-order valence-corrected chi connectivity index (χ3v) is 2.50. The van der Waals surface area contributed by atoms with E-state index in [2.05, 4.69) is 17.1 Å². The first-order valence-electron chi connectivity index (χ1n) is 5.38. The summed E-state index contributed by atoms with van der Waals surface area (Å²) < 4.78 is 10.3. The van der Waals surface area contributed by atoms with E-state index in [4.69, 9.17) is 9.47 Å². The van der Waals surface area contributed by atoms with Gasteiger partial charge in [0.05, 0.1) is 13.2 Å². The zero-order valence-electron chi connectivity index (χ0n) is 9.49. The number of hydrogen-bond donors (Lipinski definition) is 1. The second-order valence-electron chi connectivity index (χ2n) is 3.54. The number of amides is 1. The molecule has 1 amide bonds. The Bertz CT molecular complexity index is 199. The van der Waals surface area contributed by atoms with Crippen LogP contribution in [-0.2, 0) is 14.3 Å². The monoisotopic (exact) mass is 216 g/mol. The zero-order valence-corrected chi connectivity index (χ0v) is 9.49. The number of nitrogens with one attached hydrogen (secondary N) is 1. The number of hydrogen-bond acceptors (Lipinski definition) is 4. The summed E-state index contributed by atoms with van der Waals surface area (Å²) in [7, 11) is 1.61. The van der Waals surface area contributed by atoms with E-state index in [9.17, 15) is 4.79 Å². The van der Waals surface area contributed by atoms with Gasteiger partial charge in [-0.2, -0.15) is 0 Å². The molecule has 1 fully saturated rings. The standard InChI is InChI=1S/C10H20N2O3/c1-3-12-5-7-15-9(8-12)10(13)11-4-6-14-2/h9H,3-8H2,1-2H3,(H,11,13)/t9-/m1/s1. The number of morpholine rings is 1. The number of likely N-dealkylation sites (N-methyl/N-ethyl adjacent to an activating group) is 1. The Balaban J connectivity index is 2.25. The van der Waals surface area contributed by atoms with E-state index in [1.54, 1.807) is 7.11 Å². The van der Waals surface area contributed by atoms with Gasteiger partial charge in [0.1, 0.15) is 6.10 Å². The van der Waals surface area contributed by atoms with Crippen LogP contribution in [0.15, 0.2) is 0 Å². The van der Waals surface area contributed by atoms with Gasteiger partial charge in [-0.3, -0.25) is 9.69 Å². The van der Waals surface area contributed by atoms with E-state index < -0.39 is 0 Å². The first kappa shape index (κ1) is 12.4. The van der Waals surface area contributed by atoms with Crippen LogP contribution in [0, 0.1) is 0 Å². The lowest BCUT2D eigenvalue weighted by atomic mass is 10.2. The number of nitrogens with zero attached hydrogens (tertiary/aromatic N) is 1. The SMILES string of the molecule is CCN1CCO[C@@H](C(=O)NCCOC)C1. The van der Waals surface area contributed by atoms with E-state index in [1.165, 1.54) is 0 Å². The van der Waals surface area contributed by atoms with Gasteiger partial charge in [-0.25, -0.2) is 0 Å². The summed E-state index contributed by atoms with van der Waals surface area (Å²) in [4.78, 5) is 13.8. The Kier molecular flexibility index (Phi) is 5.60. The van der Waals surface area contributed by atoms with Gasteiger partial charge in [-0.05, 0) is 6.54 Å². The minimum absolute atomic E-state index is 0.0369. The number of carbonyl (C=O) groups is 1. The third kappa shape index (κ3) is 4.15. The first-order chi connectivity index (χ1) is 7.27. The highest BCUT2D eigenvalue weighted by atomic mass is 16.5. The summed E-state index contributed by atoms with van der Waals surface area (Å²) >= 11 is 0. The Morgan fingerprint density at radius 3 is 3.13 bits per heavy atom. The van der Waals surface area contributed by atoms with Crippen molar-refractivity contribution < 1.29 is 14.3 Å². The van der Waals surface area contributed by atoms with E-state index >= 15 is 0 Å². The molecule has 1 heterocycles. The summed E-state index contributed by atoms with van der Waals surface area (Å²) in [5.41, 5.74) is 0. The van der Waals surface area contributed by atoms with Crippen LogP contribution in [0.3, 0.4) is 0 Å². The Hall–Kier alpha value is -0.650. The van der Waals surface area contributed by atoms with Gasteiger partial charge in [-0.1, -0.05) is 6.92 Å². The maximum atomic E-state index is 11.6. The first-order valence-corrected chi connectivity index (χ1v) is 5.38.